The second-order valence-corrected chi connectivity index (χ2v) is 18.8. The molecule has 1 saturated heterocycles. The fourth-order valence-corrected chi connectivity index (χ4v) is 8.04. The number of nitrogens with zero attached hydrogens (tertiary/aromatic N) is 2. The lowest BCUT2D eigenvalue weighted by Crippen LogP contribution is -2.60. The van der Waals surface area contributed by atoms with Gasteiger partial charge in [-0.25, -0.2) is 9.78 Å². The Balaban J connectivity index is 1.48. The Kier molecular flexibility index (Phi) is 22.5. The van der Waals surface area contributed by atoms with Crippen LogP contribution in [0.1, 0.15) is 70.2 Å². The number of likely N-dealkylation sites (tertiary alicyclic amines) is 1. The molecular weight excluding hydrogens is 965 g/mol. The molecule has 0 spiro atoms. The van der Waals surface area contributed by atoms with E-state index >= 15 is 0 Å². The first kappa shape index (κ1) is 58.6. The molecule has 25 heteroatoms. The highest BCUT2D eigenvalue weighted by molar-refractivity contribution is 5.98. The van der Waals surface area contributed by atoms with Crippen molar-refractivity contribution in [3.63, 3.8) is 0 Å². The molecule has 1 aliphatic rings. The molecule has 74 heavy (non-hydrogen) atoms. The Morgan fingerprint density at radius 2 is 1.32 bits per heavy atom. The van der Waals surface area contributed by atoms with E-state index in [0.29, 0.717) is 23.2 Å². The summed E-state index contributed by atoms with van der Waals surface area (Å²) in [6.07, 6.45) is 2.52. The number of amides is 9. The number of carbonyl (C=O) groups is 10. The molecule has 15 N–H and O–H groups in total. The van der Waals surface area contributed by atoms with Gasteiger partial charge >= 0.3 is 5.97 Å². The molecule has 402 valence electrons. The first-order valence-corrected chi connectivity index (χ1v) is 24.1. The average Bonchev–Trinajstić information content (AvgIpc) is 4.07. The van der Waals surface area contributed by atoms with Gasteiger partial charge in [0.25, 0.3) is 0 Å². The van der Waals surface area contributed by atoms with E-state index in [1.165, 1.54) is 41.7 Å². The summed E-state index contributed by atoms with van der Waals surface area (Å²) >= 11 is 0. The van der Waals surface area contributed by atoms with Crippen molar-refractivity contribution in [1.29, 1.82) is 0 Å². The number of aliphatic hydroxyl groups is 1. The van der Waals surface area contributed by atoms with Crippen molar-refractivity contribution in [2.75, 3.05) is 19.7 Å². The van der Waals surface area contributed by atoms with Gasteiger partial charge in [0.15, 0.2) is 0 Å². The lowest BCUT2D eigenvalue weighted by molar-refractivity contribution is -0.144. The lowest BCUT2D eigenvalue weighted by atomic mass is 10.00. The normalized spacial score (nSPS) is 16.1. The van der Waals surface area contributed by atoms with Gasteiger partial charge in [-0.2, -0.15) is 0 Å². The maximum atomic E-state index is 14.3. The number of aromatic amines is 1. The molecule has 1 aliphatic heterocycles. The summed E-state index contributed by atoms with van der Waals surface area (Å²) in [5.41, 5.74) is 13.0. The molecule has 0 bridgehead atoms. The standard InChI is InChI=1S/C49H68N12O13/c1-26(2)17-36(49(73)74)58-46(70)37(24-62)59-47(71)38-11-8-16-61(38)48(72)41(27(3)4)60-45(69)34(18-28-9-6-5-7-10-28)55-40(65)23-53-43(67)33(19-29-12-14-31(63)15-13-29)57-44(68)35(21-39(51)64)56-42(66)32(50)20-30-22-52-25-54-30/h5-7,9-10,12-15,22,25-27,32-38,41,62-63H,8,11,16-21,23-24,50H2,1-4H3,(H2,51,64)(H,52,54)(H,53,67)(H,55,65)(H,56,66)(H,57,68)(H,58,70)(H,59,71)(H,60,69)(H,73,74)/t32-,33-,34-,35-,36-,37-,38-,41-/m0/s1. The van der Waals surface area contributed by atoms with Crippen LogP contribution in [0.2, 0.25) is 0 Å². The van der Waals surface area contributed by atoms with E-state index in [4.69, 9.17) is 11.5 Å². The number of carboxylic acids is 1. The van der Waals surface area contributed by atoms with E-state index in [2.05, 4.69) is 47.2 Å². The fraction of sp³-hybridized carbons (Fsp3) is 0.490. The number of aliphatic hydroxyl groups excluding tert-OH is 1. The minimum absolute atomic E-state index is 0.00452. The predicted octanol–water partition coefficient (Wildman–Crippen LogP) is -2.86. The highest BCUT2D eigenvalue weighted by Gasteiger charge is 2.41. The van der Waals surface area contributed by atoms with E-state index in [9.17, 15) is 63.3 Å². The van der Waals surface area contributed by atoms with Gasteiger partial charge in [-0.15, -0.1) is 0 Å². The van der Waals surface area contributed by atoms with Crippen molar-refractivity contribution in [2.45, 2.75) is 121 Å². The zero-order valence-electron chi connectivity index (χ0n) is 41.7. The number of primary amides is 1. The third-order valence-electron chi connectivity index (χ3n) is 11.9. The van der Waals surface area contributed by atoms with Crippen LogP contribution >= 0.6 is 0 Å². The summed E-state index contributed by atoms with van der Waals surface area (Å²) in [7, 11) is 0. The van der Waals surface area contributed by atoms with Crippen LogP contribution < -0.4 is 48.7 Å². The van der Waals surface area contributed by atoms with Crippen LogP contribution in [-0.2, 0) is 67.2 Å². The van der Waals surface area contributed by atoms with Gasteiger partial charge in [0.1, 0.15) is 48.0 Å². The molecule has 3 aromatic rings. The molecule has 0 radical (unpaired) electrons. The van der Waals surface area contributed by atoms with Gasteiger partial charge in [0, 0.05) is 37.7 Å². The largest absolute Gasteiger partial charge is 0.508 e. The van der Waals surface area contributed by atoms with Crippen LogP contribution in [0.4, 0.5) is 0 Å². The first-order chi connectivity index (χ1) is 35.1. The van der Waals surface area contributed by atoms with Gasteiger partial charge in [-0.1, -0.05) is 70.2 Å². The van der Waals surface area contributed by atoms with Crippen molar-refractivity contribution < 1.29 is 63.3 Å². The number of aromatic hydroxyl groups is 1. The number of hydrogen-bond acceptors (Lipinski definition) is 14. The molecule has 4 rings (SSSR count). The number of carbonyl (C=O) groups excluding carboxylic acids is 9. The van der Waals surface area contributed by atoms with Crippen molar-refractivity contribution in [3.05, 3.63) is 83.9 Å². The minimum atomic E-state index is -1.58. The van der Waals surface area contributed by atoms with Gasteiger partial charge in [0.05, 0.1) is 31.9 Å². The first-order valence-electron chi connectivity index (χ1n) is 24.1. The summed E-state index contributed by atoms with van der Waals surface area (Å²) in [6, 6.07) is 3.51. The Bertz CT molecular complexity index is 2420. The minimum Gasteiger partial charge on any atom is -0.508 e. The molecule has 9 amide bonds. The van der Waals surface area contributed by atoms with Crippen molar-refractivity contribution >= 4 is 59.1 Å². The number of nitrogens with one attached hydrogen (secondary N) is 8. The maximum Gasteiger partial charge on any atom is 0.326 e. The molecule has 0 aliphatic carbocycles. The third kappa shape index (κ3) is 18.3. The molecular formula is C49H68N12O13. The smallest absolute Gasteiger partial charge is 0.326 e. The number of rotatable bonds is 28. The van der Waals surface area contributed by atoms with Crippen LogP contribution in [-0.4, -0.2) is 157 Å². The highest BCUT2D eigenvalue weighted by Crippen LogP contribution is 2.21. The predicted molar refractivity (Wildman–Crippen MR) is 264 cm³/mol. The van der Waals surface area contributed by atoms with Gasteiger partial charge < -0.3 is 73.9 Å². The van der Waals surface area contributed by atoms with Crippen LogP contribution in [0.3, 0.4) is 0 Å². The topological polar surface area (TPSA) is 400 Å². The summed E-state index contributed by atoms with van der Waals surface area (Å²) < 4.78 is 0. The number of benzene rings is 2. The zero-order valence-corrected chi connectivity index (χ0v) is 41.7. The van der Waals surface area contributed by atoms with Gasteiger partial charge in [0.2, 0.25) is 53.2 Å². The second-order valence-electron chi connectivity index (χ2n) is 18.8. The number of aromatic nitrogens is 2. The molecule has 1 aromatic heterocycles. The molecule has 2 aromatic carbocycles. The number of hydrogen-bond donors (Lipinski definition) is 13. The SMILES string of the molecule is CC(C)C[C@H](NC(=O)[C@H](CO)NC(=O)[C@@H]1CCCN1C(=O)[C@@H](NC(=O)[C@H](Cc1ccccc1)NC(=O)CNC(=O)[C@H](Cc1ccc(O)cc1)NC(=O)[C@H](CC(N)=O)NC(=O)[C@@H](N)Cc1cnc[nH]1)C(C)C)C(=O)O. The number of nitrogens with two attached hydrogens (primary N) is 2. The summed E-state index contributed by atoms with van der Waals surface area (Å²) in [5, 5.41) is 46.9. The van der Waals surface area contributed by atoms with Crippen LogP contribution in [0, 0.1) is 11.8 Å². The van der Waals surface area contributed by atoms with E-state index in [1.807, 2.05) is 0 Å². The van der Waals surface area contributed by atoms with Crippen LogP contribution in [0.5, 0.6) is 5.75 Å². The highest BCUT2D eigenvalue weighted by atomic mass is 16.4. The number of aliphatic carboxylic acids is 1. The molecule has 1 fully saturated rings. The van der Waals surface area contributed by atoms with Crippen molar-refractivity contribution in [1.82, 2.24) is 52.1 Å². The molecule has 0 unspecified atom stereocenters. The number of carboxylic acid groups (broad SMARTS) is 1. The molecule has 2 heterocycles. The Morgan fingerprint density at radius 1 is 0.730 bits per heavy atom. The molecule has 8 atom stereocenters. The van der Waals surface area contributed by atoms with Crippen LogP contribution in [0.25, 0.3) is 0 Å². The summed E-state index contributed by atoms with van der Waals surface area (Å²) in [6.45, 7) is 5.35. The van der Waals surface area contributed by atoms with E-state index in [1.54, 1.807) is 58.0 Å². The monoisotopic (exact) mass is 1030 g/mol. The van der Waals surface area contributed by atoms with Crippen molar-refractivity contribution in [2.24, 2.45) is 23.3 Å². The van der Waals surface area contributed by atoms with Crippen molar-refractivity contribution in [3.8, 4) is 5.75 Å². The van der Waals surface area contributed by atoms with Crippen LogP contribution in [0.15, 0.2) is 67.1 Å². The number of imidazole rings is 1. The average molecular weight is 1030 g/mol. The lowest BCUT2D eigenvalue weighted by Gasteiger charge is -2.32. The number of phenols is 1. The van der Waals surface area contributed by atoms with Gasteiger partial charge in [-0.05, 0) is 54.4 Å². The van der Waals surface area contributed by atoms with E-state index in [-0.39, 0.29) is 50.3 Å². The van der Waals surface area contributed by atoms with E-state index in [0.717, 1.165) is 0 Å². The Hall–Kier alpha value is -7.93. The second kappa shape index (κ2) is 28.3. The number of H-pyrrole nitrogens is 1. The fourth-order valence-electron chi connectivity index (χ4n) is 8.04. The van der Waals surface area contributed by atoms with Gasteiger partial charge in [-0.3, -0.25) is 43.2 Å². The maximum absolute atomic E-state index is 14.3. The third-order valence-corrected chi connectivity index (χ3v) is 11.9. The Morgan fingerprint density at radius 3 is 1.91 bits per heavy atom. The summed E-state index contributed by atoms with van der Waals surface area (Å²) in [5.74, 6) is -9.72. The quantitative estimate of drug-likeness (QED) is 0.0348. The van der Waals surface area contributed by atoms with E-state index < -0.39 is 133 Å². The molecule has 25 nitrogen and oxygen atoms in total. The number of phenolic OH excluding ortho intramolecular Hbond substituents is 1. The Labute approximate surface area is 427 Å². The molecule has 0 saturated carbocycles. The summed E-state index contributed by atoms with van der Waals surface area (Å²) in [4.78, 5) is 141. The zero-order chi connectivity index (χ0) is 54.6.